The Balaban J connectivity index is 1.83. The van der Waals surface area contributed by atoms with Gasteiger partial charge in [0.25, 0.3) is 0 Å². The van der Waals surface area contributed by atoms with E-state index in [0.29, 0.717) is 12.6 Å². The van der Waals surface area contributed by atoms with Crippen molar-refractivity contribution >= 4 is 6.03 Å². The smallest absolute Gasteiger partial charge is 0.315 e. The van der Waals surface area contributed by atoms with E-state index in [4.69, 9.17) is 5.73 Å². The molecule has 0 aromatic rings. The van der Waals surface area contributed by atoms with E-state index >= 15 is 0 Å². The zero-order valence-corrected chi connectivity index (χ0v) is 10.8. The van der Waals surface area contributed by atoms with E-state index in [9.17, 15) is 4.79 Å². The van der Waals surface area contributed by atoms with E-state index in [0.717, 1.165) is 31.6 Å². The molecule has 0 atom stereocenters. The maximum atomic E-state index is 11.8. The van der Waals surface area contributed by atoms with Gasteiger partial charge in [-0.3, -0.25) is 0 Å². The summed E-state index contributed by atoms with van der Waals surface area (Å²) in [4.78, 5) is 11.8. The predicted molar refractivity (Wildman–Crippen MR) is 68.7 cm³/mol. The SMILES string of the molecule is CCC1CCC(CN)(NC(=O)NC2CC2)CC1. The van der Waals surface area contributed by atoms with Crippen molar-refractivity contribution in [3.05, 3.63) is 0 Å². The summed E-state index contributed by atoms with van der Waals surface area (Å²) in [5, 5.41) is 6.10. The molecule has 2 aliphatic rings. The molecule has 4 heteroatoms. The molecule has 2 saturated carbocycles. The van der Waals surface area contributed by atoms with E-state index < -0.39 is 0 Å². The number of hydrogen-bond acceptors (Lipinski definition) is 2. The molecular formula is C13H25N3O. The highest BCUT2D eigenvalue weighted by Crippen LogP contribution is 2.33. The molecule has 0 aromatic heterocycles. The fourth-order valence-electron chi connectivity index (χ4n) is 2.71. The summed E-state index contributed by atoms with van der Waals surface area (Å²) in [5.74, 6) is 0.822. The van der Waals surface area contributed by atoms with Crippen LogP contribution >= 0.6 is 0 Å². The van der Waals surface area contributed by atoms with Gasteiger partial charge >= 0.3 is 6.03 Å². The maximum absolute atomic E-state index is 11.8. The van der Waals surface area contributed by atoms with Crippen molar-refractivity contribution in [2.45, 2.75) is 63.5 Å². The molecule has 4 nitrogen and oxygen atoms in total. The number of rotatable bonds is 4. The summed E-state index contributed by atoms with van der Waals surface area (Å²) in [7, 11) is 0. The molecule has 0 aromatic carbocycles. The Hall–Kier alpha value is -0.770. The van der Waals surface area contributed by atoms with Crippen LogP contribution in [0, 0.1) is 5.92 Å². The van der Waals surface area contributed by atoms with Crippen molar-refractivity contribution in [1.82, 2.24) is 10.6 Å². The molecule has 98 valence electrons. The van der Waals surface area contributed by atoms with Crippen LogP contribution in [0.15, 0.2) is 0 Å². The highest BCUT2D eigenvalue weighted by molar-refractivity contribution is 5.75. The molecular weight excluding hydrogens is 214 g/mol. The van der Waals surface area contributed by atoms with Crippen molar-refractivity contribution in [1.29, 1.82) is 0 Å². The summed E-state index contributed by atoms with van der Waals surface area (Å²) >= 11 is 0. The Labute approximate surface area is 104 Å². The second-order valence-electron chi connectivity index (χ2n) is 5.71. The van der Waals surface area contributed by atoms with Crippen LogP contribution in [0.3, 0.4) is 0 Å². The molecule has 0 bridgehead atoms. The topological polar surface area (TPSA) is 67.1 Å². The molecule has 2 amide bonds. The molecule has 0 unspecified atom stereocenters. The minimum Gasteiger partial charge on any atom is -0.335 e. The third kappa shape index (κ3) is 3.35. The standard InChI is InChI=1S/C13H25N3O/c1-2-10-5-7-13(9-14,8-6-10)16-12(17)15-11-3-4-11/h10-11H,2-9,14H2,1H3,(H2,15,16,17). The van der Waals surface area contributed by atoms with Crippen LogP contribution in [0.4, 0.5) is 4.79 Å². The number of amides is 2. The molecule has 0 saturated heterocycles. The van der Waals surface area contributed by atoms with Gasteiger partial charge in [-0.1, -0.05) is 13.3 Å². The highest BCUT2D eigenvalue weighted by atomic mass is 16.2. The molecule has 2 fully saturated rings. The Morgan fingerprint density at radius 3 is 2.41 bits per heavy atom. The zero-order chi connectivity index (χ0) is 12.3. The molecule has 0 heterocycles. The van der Waals surface area contributed by atoms with Crippen LogP contribution in [0.25, 0.3) is 0 Å². The maximum Gasteiger partial charge on any atom is 0.315 e. The van der Waals surface area contributed by atoms with Crippen LogP contribution in [0.1, 0.15) is 51.9 Å². The summed E-state index contributed by atoms with van der Waals surface area (Å²) in [6.07, 6.45) is 7.94. The lowest BCUT2D eigenvalue weighted by Gasteiger charge is -2.39. The van der Waals surface area contributed by atoms with E-state index in [-0.39, 0.29) is 11.6 Å². The normalized spacial score (nSPS) is 33.2. The van der Waals surface area contributed by atoms with Gasteiger partial charge in [-0.05, 0) is 44.4 Å². The van der Waals surface area contributed by atoms with Crippen molar-refractivity contribution in [2.75, 3.05) is 6.54 Å². The third-order valence-corrected chi connectivity index (χ3v) is 4.32. The predicted octanol–water partition coefficient (Wildman–Crippen LogP) is 1.75. The lowest BCUT2D eigenvalue weighted by molar-refractivity contribution is 0.182. The number of nitrogens with two attached hydrogens (primary N) is 1. The minimum atomic E-state index is -0.148. The summed E-state index contributed by atoms with van der Waals surface area (Å²) in [6.45, 7) is 2.80. The van der Waals surface area contributed by atoms with Crippen LogP contribution < -0.4 is 16.4 Å². The molecule has 0 spiro atoms. The molecule has 4 N–H and O–H groups in total. The molecule has 0 radical (unpaired) electrons. The van der Waals surface area contributed by atoms with Crippen molar-refractivity contribution in [2.24, 2.45) is 11.7 Å². The first kappa shape index (κ1) is 12.7. The van der Waals surface area contributed by atoms with Crippen LogP contribution in [0.5, 0.6) is 0 Å². The lowest BCUT2D eigenvalue weighted by Crippen LogP contribution is -2.58. The summed E-state index contributed by atoms with van der Waals surface area (Å²) < 4.78 is 0. The van der Waals surface area contributed by atoms with Crippen LogP contribution in [0.2, 0.25) is 0 Å². The summed E-state index contributed by atoms with van der Waals surface area (Å²) in [5.41, 5.74) is 5.73. The summed E-state index contributed by atoms with van der Waals surface area (Å²) in [6, 6.07) is 0.393. The van der Waals surface area contributed by atoms with Crippen LogP contribution in [-0.4, -0.2) is 24.2 Å². The second-order valence-corrected chi connectivity index (χ2v) is 5.71. The molecule has 17 heavy (non-hydrogen) atoms. The Morgan fingerprint density at radius 2 is 1.94 bits per heavy atom. The van der Waals surface area contributed by atoms with Gasteiger partial charge in [-0.25, -0.2) is 4.79 Å². The van der Waals surface area contributed by atoms with E-state index in [1.807, 2.05) is 0 Å². The van der Waals surface area contributed by atoms with Crippen LogP contribution in [-0.2, 0) is 0 Å². The first-order chi connectivity index (χ1) is 8.17. The number of carbonyl (C=O) groups is 1. The molecule has 2 aliphatic carbocycles. The molecule has 0 aliphatic heterocycles. The van der Waals surface area contributed by atoms with Gasteiger partial charge in [0.15, 0.2) is 0 Å². The van der Waals surface area contributed by atoms with Crippen molar-refractivity contribution in [3.63, 3.8) is 0 Å². The van der Waals surface area contributed by atoms with Gasteiger partial charge in [0.05, 0.1) is 5.54 Å². The largest absolute Gasteiger partial charge is 0.335 e. The Bertz CT molecular complexity index is 268. The fourth-order valence-corrected chi connectivity index (χ4v) is 2.71. The third-order valence-electron chi connectivity index (χ3n) is 4.32. The second kappa shape index (κ2) is 5.25. The van der Waals surface area contributed by atoms with Crippen molar-refractivity contribution in [3.8, 4) is 0 Å². The monoisotopic (exact) mass is 239 g/mol. The number of nitrogens with one attached hydrogen (secondary N) is 2. The average Bonchev–Trinajstić information content (AvgIpc) is 3.13. The van der Waals surface area contributed by atoms with Gasteiger partial charge in [-0.2, -0.15) is 0 Å². The number of carbonyl (C=O) groups excluding carboxylic acids is 1. The number of hydrogen-bond donors (Lipinski definition) is 3. The van der Waals surface area contributed by atoms with Gasteiger partial charge in [0.1, 0.15) is 0 Å². The van der Waals surface area contributed by atoms with Gasteiger partial charge in [0.2, 0.25) is 0 Å². The minimum absolute atomic E-state index is 0.0205. The van der Waals surface area contributed by atoms with Gasteiger partial charge in [0, 0.05) is 12.6 Å². The lowest BCUT2D eigenvalue weighted by atomic mass is 9.75. The highest BCUT2D eigenvalue weighted by Gasteiger charge is 2.36. The van der Waals surface area contributed by atoms with E-state index in [1.165, 1.54) is 19.3 Å². The first-order valence-corrected chi connectivity index (χ1v) is 6.96. The van der Waals surface area contributed by atoms with Crippen molar-refractivity contribution < 1.29 is 4.79 Å². The van der Waals surface area contributed by atoms with E-state index in [2.05, 4.69) is 17.6 Å². The Kier molecular flexibility index (Phi) is 3.92. The fraction of sp³-hybridized carbons (Fsp3) is 0.923. The molecule has 2 rings (SSSR count). The number of urea groups is 1. The first-order valence-electron chi connectivity index (χ1n) is 6.96. The van der Waals surface area contributed by atoms with Gasteiger partial charge in [-0.15, -0.1) is 0 Å². The van der Waals surface area contributed by atoms with Gasteiger partial charge < -0.3 is 16.4 Å². The zero-order valence-electron chi connectivity index (χ0n) is 10.8. The average molecular weight is 239 g/mol. The Morgan fingerprint density at radius 1 is 1.29 bits per heavy atom. The van der Waals surface area contributed by atoms with E-state index in [1.54, 1.807) is 0 Å². The quantitative estimate of drug-likeness (QED) is 0.699.